The van der Waals surface area contributed by atoms with Crippen LogP contribution in [0.4, 0.5) is 14.5 Å². The van der Waals surface area contributed by atoms with Crippen molar-refractivity contribution in [3.63, 3.8) is 0 Å². The number of benzene rings is 2. The van der Waals surface area contributed by atoms with Crippen molar-refractivity contribution in [1.29, 1.82) is 0 Å². The minimum absolute atomic E-state index is 0.0777. The minimum atomic E-state index is -0.633. The molecule has 0 aliphatic rings. The van der Waals surface area contributed by atoms with Gasteiger partial charge in [-0.3, -0.25) is 4.98 Å². The van der Waals surface area contributed by atoms with Gasteiger partial charge in [-0.05, 0) is 66.3 Å². The zero-order chi connectivity index (χ0) is 20.4. The highest BCUT2D eigenvalue weighted by Gasteiger charge is 2.23. The molecular weight excluding hydrogens is 396 g/mol. The Bertz CT molecular complexity index is 1220. The number of nitrogens with zero attached hydrogens (tertiary/aromatic N) is 2. The molecule has 8 heteroatoms. The lowest BCUT2D eigenvalue weighted by Crippen LogP contribution is -2.19. The summed E-state index contributed by atoms with van der Waals surface area (Å²) in [7, 11) is 0. The molecule has 2 heterocycles. The fourth-order valence-corrected chi connectivity index (χ4v) is 3.11. The number of pyridine rings is 1. The van der Waals surface area contributed by atoms with Crippen molar-refractivity contribution in [3.05, 3.63) is 95.1 Å². The van der Waals surface area contributed by atoms with Crippen molar-refractivity contribution < 1.29 is 13.3 Å². The summed E-state index contributed by atoms with van der Waals surface area (Å²) in [4.78, 5) is 16.7. The third-order valence-corrected chi connectivity index (χ3v) is 4.45. The Balaban J connectivity index is 1.84. The van der Waals surface area contributed by atoms with Gasteiger partial charge in [0.05, 0.1) is 5.56 Å². The Hall–Kier alpha value is -3.65. The summed E-state index contributed by atoms with van der Waals surface area (Å²) in [5, 5.41) is 2.99. The molecule has 0 spiro atoms. The van der Waals surface area contributed by atoms with E-state index in [-0.39, 0.29) is 16.5 Å². The molecule has 2 aromatic heterocycles. The van der Waals surface area contributed by atoms with Gasteiger partial charge in [-0.15, -0.1) is 4.74 Å². The van der Waals surface area contributed by atoms with E-state index in [1.807, 2.05) is 0 Å². The predicted octanol–water partition coefficient (Wildman–Crippen LogP) is 4.69. The van der Waals surface area contributed by atoms with Crippen LogP contribution >= 0.6 is 12.2 Å². The summed E-state index contributed by atoms with van der Waals surface area (Å²) in [6.45, 7) is 0. The average Bonchev–Trinajstić information content (AvgIpc) is 3.08. The number of aromatic nitrogens is 2. The van der Waals surface area contributed by atoms with Crippen LogP contribution < -0.4 is 10.9 Å². The molecule has 0 saturated heterocycles. The second kappa shape index (κ2) is 7.76. The molecule has 2 aromatic carbocycles. The number of thiocarbonyl (C=S) groups is 1. The number of nitrogens with one attached hydrogen (secondary N) is 1. The van der Waals surface area contributed by atoms with Gasteiger partial charge >= 0.3 is 5.63 Å². The Morgan fingerprint density at radius 2 is 1.48 bits per heavy atom. The topological polar surface area (TPSA) is 60.1 Å². The van der Waals surface area contributed by atoms with Crippen LogP contribution in [0.1, 0.15) is 0 Å². The molecule has 0 bridgehead atoms. The van der Waals surface area contributed by atoms with Gasteiger partial charge in [-0.25, -0.2) is 13.6 Å². The van der Waals surface area contributed by atoms with E-state index in [1.165, 1.54) is 53.3 Å². The molecule has 0 atom stereocenters. The Kier molecular flexibility index (Phi) is 5.01. The van der Waals surface area contributed by atoms with Crippen LogP contribution in [0.5, 0.6) is 0 Å². The fourth-order valence-electron chi connectivity index (χ4n) is 2.87. The second-order valence-corrected chi connectivity index (χ2v) is 6.46. The molecule has 5 nitrogen and oxygen atoms in total. The molecular formula is C21H13F2N3O2S. The van der Waals surface area contributed by atoms with E-state index >= 15 is 0 Å². The molecule has 0 aliphatic carbocycles. The van der Waals surface area contributed by atoms with Gasteiger partial charge in [0.25, 0.3) is 0 Å². The van der Waals surface area contributed by atoms with Crippen LogP contribution in [-0.2, 0) is 0 Å². The Labute approximate surface area is 169 Å². The molecule has 1 N–H and O–H groups in total. The normalized spacial score (nSPS) is 10.7. The van der Waals surface area contributed by atoms with Crippen LogP contribution in [0.2, 0.25) is 0 Å². The maximum Gasteiger partial charge on any atom is 0.366 e. The van der Waals surface area contributed by atoms with Crippen LogP contribution in [0, 0.1) is 11.6 Å². The smallest absolute Gasteiger partial charge is 0.330 e. The fraction of sp³-hybridized carbons (Fsp3) is 0. The highest BCUT2D eigenvalue weighted by Crippen LogP contribution is 2.30. The van der Waals surface area contributed by atoms with E-state index in [0.29, 0.717) is 22.5 Å². The number of halogens is 2. The number of hydrogen-bond acceptors (Lipinski definition) is 4. The average molecular weight is 409 g/mol. The lowest BCUT2D eigenvalue weighted by Gasteiger charge is -2.11. The third kappa shape index (κ3) is 3.83. The first kappa shape index (κ1) is 18.7. The van der Waals surface area contributed by atoms with Gasteiger partial charge in [0.1, 0.15) is 17.3 Å². The van der Waals surface area contributed by atoms with Crippen LogP contribution in [-0.4, -0.2) is 14.8 Å². The molecule has 0 aliphatic heterocycles. The summed E-state index contributed by atoms with van der Waals surface area (Å²) in [6, 6.07) is 14.5. The second-order valence-electron chi connectivity index (χ2n) is 6.08. The molecule has 4 rings (SSSR count). The highest BCUT2D eigenvalue weighted by atomic mass is 32.1. The van der Waals surface area contributed by atoms with Crippen molar-refractivity contribution in [3.8, 4) is 22.4 Å². The number of anilines is 1. The first-order valence-corrected chi connectivity index (χ1v) is 8.93. The lowest BCUT2D eigenvalue weighted by atomic mass is 10.0. The maximum atomic E-state index is 13.4. The first-order chi connectivity index (χ1) is 14.0. The van der Waals surface area contributed by atoms with Gasteiger partial charge in [0.15, 0.2) is 0 Å². The van der Waals surface area contributed by atoms with Crippen molar-refractivity contribution >= 4 is 23.0 Å². The van der Waals surface area contributed by atoms with E-state index < -0.39 is 11.4 Å². The van der Waals surface area contributed by atoms with Crippen LogP contribution in [0.25, 0.3) is 22.4 Å². The van der Waals surface area contributed by atoms with Crippen LogP contribution in [0.15, 0.2) is 82.4 Å². The van der Waals surface area contributed by atoms with Gasteiger partial charge < -0.3 is 9.84 Å². The number of hydrogen-bond donors (Lipinski definition) is 1. The van der Waals surface area contributed by atoms with Crippen molar-refractivity contribution in [2.45, 2.75) is 0 Å². The summed E-state index contributed by atoms with van der Waals surface area (Å²) in [5.74, 6) is -0.804. The molecule has 0 saturated carbocycles. The molecule has 0 amide bonds. The van der Waals surface area contributed by atoms with E-state index in [2.05, 4.69) is 10.3 Å². The molecule has 0 unspecified atom stereocenters. The van der Waals surface area contributed by atoms with Gasteiger partial charge in [0, 0.05) is 23.6 Å². The summed E-state index contributed by atoms with van der Waals surface area (Å²) >= 11 is 5.42. The first-order valence-electron chi connectivity index (χ1n) is 8.52. The van der Waals surface area contributed by atoms with E-state index in [4.69, 9.17) is 16.7 Å². The van der Waals surface area contributed by atoms with Gasteiger partial charge in [0.2, 0.25) is 5.11 Å². The summed E-state index contributed by atoms with van der Waals surface area (Å²) in [6.07, 6.45) is 3.14. The minimum Gasteiger partial charge on any atom is -0.330 e. The van der Waals surface area contributed by atoms with E-state index in [0.717, 1.165) is 0 Å². The Morgan fingerprint density at radius 3 is 2.10 bits per heavy atom. The summed E-state index contributed by atoms with van der Waals surface area (Å²) in [5.41, 5.74) is 1.63. The molecule has 0 fully saturated rings. The Morgan fingerprint density at radius 1 is 0.897 bits per heavy atom. The van der Waals surface area contributed by atoms with Crippen molar-refractivity contribution in [2.75, 3.05) is 5.32 Å². The zero-order valence-electron chi connectivity index (χ0n) is 14.8. The highest BCUT2D eigenvalue weighted by molar-refractivity contribution is 7.80. The monoisotopic (exact) mass is 409 g/mol. The molecule has 29 heavy (non-hydrogen) atoms. The van der Waals surface area contributed by atoms with E-state index in [1.54, 1.807) is 24.5 Å². The standard InChI is InChI=1S/C21H13F2N3O2S/c22-15-3-1-13(2-4-15)18-19(14-9-11-24-12-10-14)26(28-20(18)27)21(29)25-17-7-5-16(23)6-8-17/h1-12H,(H,25,29). The lowest BCUT2D eigenvalue weighted by molar-refractivity contribution is 0.346. The van der Waals surface area contributed by atoms with Gasteiger partial charge in [-0.1, -0.05) is 12.1 Å². The largest absolute Gasteiger partial charge is 0.366 e. The van der Waals surface area contributed by atoms with Crippen molar-refractivity contribution in [1.82, 2.24) is 9.72 Å². The predicted molar refractivity (Wildman–Crippen MR) is 110 cm³/mol. The van der Waals surface area contributed by atoms with Crippen molar-refractivity contribution in [2.24, 2.45) is 0 Å². The number of rotatable bonds is 3. The van der Waals surface area contributed by atoms with E-state index in [9.17, 15) is 13.6 Å². The summed E-state index contributed by atoms with van der Waals surface area (Å²) < 4.78 is 33.1. The van der Waals surface area contributed by atoms with Crippen LogP contribution in [0.3, 0.4) is 0 Å². The van der Waals surface area contributed by atoms with Gasteiger partial charge in [-0.2, -0.15) is 0 Å². The molecule has 4 aromatic rings. The third-order valence-electron chi connectivity index (χ3n) is 4.18. The zero-order valence-corrected chi connectivity index (χ0v) is 15.6. The quantitative estimate of drug-likeness (QED) is 0.498. The molecule has 144 valence electrons. The maximum absolute atomic E-state index is 13.4. The molecule has 0 radical (unpaired) electrons. The SMILES string of the molecule is O=c1on(C(=S)Nc2ccc(F)cc2)c(-c2ccncc2)c1-c1ccc(F)cc1.